The zero-order chi connectivity index (χ0) is 40.7. The first kappa shape index (κ1) is 40.0. The average Bonchev–Trinajstić information content (AvgIpc) is 3.73. The number of aromatic amines is 1. The van der Waals surface area contributed by atoms with E-state index in [1.165, 1.54) is 12.1 Å². The number of fused-ring (bicyclic) bond motifs is 4. The monoisotopic (exact) mass is 774 g/mol. The number of carboxylic acids is 1. The largest absolute Gasteiger partial charge is 0.508 e. The summed E-state index contributed by atoms with van der Waals surface area (Å²) in [6.07, 6.45) is 0.0376. The molecule has 1 aromatic heterocycles. The fraction of sp³-hybridized carbons (Fsp3) is 0.295. The third-order valence-electron chi connectivity index (χ3n) is 9.72. The highest BCUT2D eigenvalue weighted by molar-refractivity contribution is 5.94. The lowest BCUT2D eigenvalue weighted by Gasteiger charge is -2.27. The Morgan fingerprint density at radius 1 is 0.737 bits per heavy atom. The number of para-hydroxylation sites is 1. The third-order valence-corrected chi connectivity index (χ3v) is 9.72. The van der Waals surface area contributed by atoms with Crippen molar-refractivity contribution in [2.45, 2.75) is 76.1 Å². The molecule has 0 saturated carbocycles. The number of esters is 1. The van der Waals surface area contributed by atoms with E-state index >= 15 is 0 Å². The number of amides is 3. The number of carbonyl (C=O) groups is 5. The van der Waals surface area contributed by atoms with Crippen molar-refractivity contribution in [2.75, 3.05) is 6.61 Å². The number of aromatic nitrogens is 1. The number of phenols is 1. The van der Waals surface area contributed by atoms with Crippen LogP contribution >= 0.6 is 0 Å². The molecule has 0 spiro atoms. The van der Waals surface area contributed by atoms with Crippen molar-refractivity contribution in [1.29, 1.82) is 0 Å². The van der Waals surface area contributed by atoms with Gasteiger partial charge in [0.05, 0.1) is 0 Å². The second-order valence-electron chi connectivity index (χ2n) is 15.0. The van der Waals surface area contributed by atoms with E-state index in [9.17, 15) is 34.2 Å². The summed E-state index contributed by atoms with van der Waals surface area (Å²) in [5.74, 6) is -3.77. The fourth-order valence-electron chi connectivity index (χ4n) is 7.03. The molecular formula is C44H46N4O9. The number of rotatable bonds is 15. The van der Waals surface area contributed by atoms with Crippen LogP contribution in [-0.2, 0) is 41.5 Å². The number of hydrogen-bond donors (Lipinski definition) is 6. The van der Waals surface area contributed by atoms with Gasteiger partial charge in [0.15, 0.2) is 0 Å². The predicted molar refractivity (Wildman–Crippen MR) is 212 cm³/mol. The molecule has 1 aliphatic carbocycles. The Hall–Kier alpha value is -6.63. The maximum Gasteiger partial charge on any atom is 0.407 e. The van der Waals surface area contributed by atoms with Gasteiger partial charge in [-0.05, 0) is 78.8 Å². The smallest absolute Gasteiger partial charge is 0.407 e. The first-order valence-electron chi connectivity index (χ1n) is 18.8. The summed E-state index contributed by atoms with van der Waals surface area (Å²) < 4.78 is 11.4. The summed E-state index contributed by atoms with van der Waals surface area (Å²) in [5, 5.41) is 28.1. The lowest BCUT2D eigenvalue weighted by molar-refractivity contribution is -0.158. The van der Waals surface area contributed by atoms with Gasteiger partial charge in [0.2, 0.25) is 11.8 Å². The molecule has 0 radical (unpaired) electrons. The van der Waals surface area contributed by atoms with Gasteiger partial charge < -0.3 is 40.6 Å². The second-order valence-corrected chi connectivity index (χ2v) is 15.0. The van der Waals surface area contributed by atoms with Gasteiger partial charge in [-0.25, -0.2) is 9.59 Å². The zero-order valence-electron chi connectivity index (χ0n) is 31.9. The van der Waals surface area contributed by atoms with Crippen LogP contribution in [-0.4, -0.2) is 75.4 Å². The van der Waals surface area contributed by atoms with E-state index in [0.717, 1.165) is 33.2 Å². The predicted octanol–water partition coefficient (Wildman–Crippen LogP) is 5.74. The maximum absolute atomic E-state index is 14.2. The Balaban J connectivity index is 1.22. The minimum atomic E-state index is -1.42. The molecule has 0 saturated heterocycles. The van der Waals surface area contributed by atoms with Crippen LogP contribution < -0.4 is 16.0 Å². The first-order valence-corrected chi connectivity index (χ1v) is 18.8. The fourth-order valence-corrected chi connectivity index (χ4v) is 7.03. The Kier molecular flexibility index (Phi) is 12.3. The Morgan fingerprint density at radius 3 is 1.98 bits per heavy atom. The number of H-pyrrole nitrogens is 1. The molecule has 0 unspecified atom stereocenters. The minimum Gasteiger partial charge on any atom is -0.508 e. The molecule has 3 atom stereocenters. The topological polar surface area (TPSA) is 196 Å². The van der Waals surface area contributed by atoms with Crippen LogP contribution in [0.2, 0.25) is 0 Å². The van der Waals surface area contributed by atoms with Crippen LogP contribution in [0.1, 0.15) is 61.8 Å². The lowest BCUT2D eigenvalue weighted by Crippen LogP contribution is -2.57. The maximum atomic E-state index is 14.2. The van der Waals surface area contributed by atoms with Gasteiger partial charge in [0.1, 0.15) is 36.1 Å². The standard InChI is InChI=1S/C44H46N4O9/c1-44(2,3)57-42(54)38(22-26-16-18-28(49)19-17-26)47-40(52)36(20-21-39(50)51)46-41(53)37(23-27-24-45-35-15-9-8-10-29(27)35)48-43(55)56-25-34-32-13-6-4-11-30(32)31-12-5-7-14-33(31)34/h4-19,24,34,36-38,45,49H,20-23,25H2,1-3H3,(H,46,53)(H,47,52)(H,48,55)(H,50,51)/t36-,37-,38-/m0/s1. The van der Waals surface area contributed by atoms with Crippen molar-refractivity contribution in [2.24, 2.45) is 0 Å². The summed E-state index contributed by atoms with van der Waals surface area (Å²) in [4.78, 5) is 69.9. The van der Waals surface area contributed by atoms with Gasteiger partial charge in [-0.1, -0.05) is 78.9 Å². The minimum absolute atomic E-state index is 0.00197. The summed E-state index contributed by atoms with van der Waals surface area (Å²) in [5.41, 5.74) is 5.36. The number of hydrogen-bond acceptors (Lipinski definition) is 8. The van der Waals surface area contributed by atoms with Crippen molar-refractivity contribution in [3.63, 3.8) is 0 Å². The number of aliphatic carboxylic acids is 1. The van der Waals surface area contributed by atoms with E-state index in [4.69, 9.17) is 9.47 Å². The second kappa shape index (κ2) is 17.4. The number of phenolic OH excluding ortho intramolecular Hbond substituents is 1. The molecule has 13 nitrogen and oxygen atoms in total. The van der Waals surface area contributed by atoms with E-state index < -0.39 is 60.0 Å². The summed E-state index contributed by atoms with van der Waals surface area (Å²) in [7, 11) is 0. The number of alkyl carbamates (subject to hydrolysis) is 1. The molecule has 1 heterocycles. The quantitative estimate of drug-likeness (QED) is 0.0719. The van der Waals surface area contributed by atoms with Crippen molar-refractivity contribution in [1.82, 2.24) is 20.9 Å². The van der Waals surface area contributed by atoms with Gasteiger partial charge in [-0.3, -0.25) is 14.4 Å². The molecule has 3 amide bonds. The van der Waals surface area contributed by atoms with Crippen LogP contribution in [0.4, 0.5) is 4.79 Å². The summed E-state index contributed by atoms with van der Waals surface area (Å²) >= 11 is 0. The van der Waals surface area contributed by atoms with E-state index in [0.29, 0.717) is 11.1 Å². The number of nitrogens with one attached hydrogen (secondary N) is 4. The summed E-state index contributed by atoms with van der Waals surface area (Å²) in [6.45, 7) is 5.03. The Morgan fingerprint density at radius 2 is 1.33 bits per heavy atom. The molecular weight excluding hydrogens is 729 g/mol. The van der Waals surface area contributed by atoms with Crippen molar-refractivity contribution < 1.29 is 43.7 Å². The lowest BCUT2D eigenvalue weighted by atomic mass is 9.98. The molecule has 4 aromatic carbocycles. The van der Waals surface area contributed by atoms with Crippen LogP contribution in [0.3, 0.4) is 0 Å². The van der Waals surface area contributed by atoms with Crippen LogP contribution in [0, 0.1) is 0 Å². The Labute approximate surface area is 329 Å². The van der Waals surface area contributed by atoms with Gasteiger partial charge in [0.25, 0.3) is 0 Å². The number of benzene rings is 4. The number of carboxylic acid groups (broad SMARTS) is 1. The molecule has 6 rings (SSSR count). The van der Waals surface area contributed by atoms with Crippen LogP contribution in [0.25, 0.3) is 22.0 Å². The van der Waals surface area contributed by atoms with Gasteiger partial charge in [0, 0.05) is 42.3 Å². The summed E-state index contributed by atoms with van der Waals surface area (Å²) in [6, 6.07) is 25.4. The van der Waals surface area contributed by atoms with Crippen molar-refractivity contribution in [3.05, 3.63) is 126 Å². The highest BCUT2D eigenvalue weighted by Crippen LogP contribution is 2.44. The van der Waals surface area contributed by atoms with Gasteiger partial charge in [-0.2, -0.15) is 0 Å². The molecule has 13 heteroatoms. The highest BCUT2D eigenvalue weighted by atomic mass is 16.6. The number of ether oxygens (including phenoxy) is 2. The van der Waals surface area contributed by atoms with Crippen LogP contribution in [0.15, 0.2) is 103 Å². The third kappa shape index (κ3) is 10.2. The number of carbonyl (C=O) groups excluding carboxylic acids is 4. The molecule has 57 heavy (non-hydrogen) atoms. The molecule has 0 fully saturated rings. The average molecular weight is 775 g/mol. The van der Waals surface area contributed by atoms with Gasteiger partial charge in [-0.15, -0.1) is 0 Å². The molecule has 0 aliphatic heterocycles. The van der Waals surface area contributed by atoms with Crippen molar-refractivity contribution in [3.8, 4) is 16.9 Å². The Bertz CT molecular complexity index is 2210. The zero-order valence-corrected chi connectivity index (χ0v) is 31.9. The molecule has 6 N–H and O–H groups in total. The molecule has 0 bridgehead atoms. The first-order chi connectivity index (χ1) is 27.3. The van der Waals surface area contributed by atoms with Gasteiger partial charge >= 0.3 is 18.0 Å². The van der Waals surface area contributed by atoms with Crippen LogP contribution in [0.5, 0.6) is 5.75 Å². The van der Waals surface area contributed by atoms with E-state index in [2.05, 4.69) is 20.9 Å². The SMILES string of the molecule is CC(C)(C)OC(=O)[C@H](Cc1ccc(O)cc1)NC(=O)[C@H](CCC(=O)O)NC(=O)[C@H](Cc1c[nH]c2ccccc12)NC(=O)OCC1c2ccccc2-c2ccccc21. The van der Waals surface area contributed by atoms with Crippen molar-refractivity contribution >= 4 is 40.7 Å². The van der Waals surface area contributed by atoms with E-state index in [1.54, 1.807) is 39.1 Å². The molecule has 296 valence electrons. The molecule has 1 aliphatic rings. The van der Waals surface area contributed by atoms with E-state index in [-0.39, 0.29) is 37.5 Å². The highest BCUT2D eigenvalue weighted by Gasteiger charge is 2.34. The van der Waals surface area contributed by atoms with E-state index in [1.807, 2.05) is 72.8 Å². The number of aromatic hydroxyl groups is 1. The molecule has 5 aromatic rings. The normalized spacial score (nSPS) is 13.7.